The van der Waals surface area contributed by atoms with Crippen LogP contribution in [0, 0.1) is 5.82 Å². The first-order valence-electron chi connectivity index (χ1n) is 9.60. The number of esters is 1. The van der Waals surface area contributed by atoms with Gasteiger partial charge in [0.2, 0.25) is 5.76 Å². The summed E-state index contributed by atoms with van der Waals surface area (Å²) in [6.45, 7) is 2.31. The number of halogens is 1. The Balaban J connectivity index is 1.23. The summed E-state index contributed by atoms with van der Waals surface area (Å²) in [5.41, 5.74) is 0.915. The molecule has 1 aromatic carbocycles. The quantitative estimate of drug-likeness (QED) is 0.578. The lowest BCUT2D eigenvalue weighted by molar-refractivity contribution is -0.134. The maximum absolute atomic E-state index is 13.1. The Bertz CT molecular complexity index is 992. The van der Waals surface area contributed by atoms with Crippen LogP contribution in [0.1, 0.15) is 16.3 Å². The van der Waals surface area contributed by atoms with E-state index in [0.717, 1.165) is 5.69 Å². The normalized spacial score (nSPS) is 14.0. The number of aromatic nitrogens is 2. The zero-order valence-corrected chi connectivity index (χ0v) is 16.2. The maximum Gasteiger partial charge on any atom is 0.374 e. The van der Waals surface area contributed by atoms with E-state index < -0.39 is 5.97 Å². The molecular weight excluding hydrogens is 391 g/mol. The van der Waals surface area contributed by atoms with Gasteiger partial charge in [-0.15, -0.1) is 0 Å². The number of amides is 1. The molecular formula is C21H21FN4O4. The molecule has 0 saturated carbocycles. The fourth-order valence-electron chi connectivity index (χ4n) is 3.28. The predicted octanol–water partition coefficient (Wildman–Crippen LogP) is 2.17. The third-order valence-electron chi connectivity index (χ3n) is 4.89. The van der Waals surface area contributed by atoms with Gasteiger partial charge in [0.25, 0.3) is 5.91 Å². The van der Waals surface area contributed by atoms with Gasteiger partial charge in [0, 0.05) is 44.3 Å². The molecule has 8 nitrogen and oxygen atoms in total. The van der Waals surface area contributed by atoms with E-state index in [2.05, 4.69) is 10.00 Å². The van der Waals surface area contributed by atoms with E-state index in [1.165, 1.54) is 18.2 Å². The summed E-state index contributed by atoms with van der Waals surface area (Å²) in [7, 11) is 0. The van der Waals surface area contributed by atoms with Gasteiger partial charge < -0.3 is 19.0 Å². The summed E-state index contributed by atoms with van der Waals surface area (Å²) in [5, 5.41) is 4.08. The number of hydrogen-bond donors (Lipinski definition) is 0. The molecule has 1 saturated heterocycles. The molecule has 4 rings (SSSR count). The summed E-state index contributed by atoms with van der Waals surface area (Å²) in [6, 6.07) is 11.3. The van der Waals surface area contributed by atoms with E-state index >= 15 is 0 Å². The van der Waals surface area contributed by atoms with Gasteiger partial charge in [0.15, 0.2) is 6.61 Å². The first-order valence-corrected chi connectivity index (χ1v) is 9.60. The molecule has 1 aliphatic heterocycles. The van der Waals surface area contributed by atoms with E-state index in [4.69, 9.17) is 9.15 Å². The van der Waals surface area contributed by atoms with Crippen LogP contribution in [0.25, 0.3) is 0 Å². The highest BCUT2D eigenvalue weighted by molar-refractivity contribution is 5.88. The second-order valence-electron chi connectivity index (χ2n) is 6.89. The molecule has 1 amide bonds. The molecule has 156 valence electrons. The van der Waals surface area contributed by atoms with Crippen molar-refractivity contribution in [3.8, 4) is 0 Å². The van der Waals surface area contributed by atoms with Crippen molar-refractivity contribution >= 4 is 17.6 Å². The summed E-state index contributed by atoms with van der Waals surface area (Å²) < 4.78 is 25.3. The van der Waals surface area contributed by atoms with Crippen LogP contribution in [0.15, 0.2) is 59.3 Å². The average Bonchev–Trinajstić information content (AvgIpc) is 3.45. The lowest BCUT2D eigenvalue weighted by Crippen LogP contribution is -2.49. The maximum atomic E-state index is 13.1. The van der Waals surface area contributed by atoms with Crippen molar-refractivity contribution in [2.75, 3.05) is 37.7 Å². The molecule has 9 heteroatoms. The van der Waals surface area contributed by atoms with Crippen molar-refractivity contribution in [2.24, 2.45) is 0 Å². The Hall–Kier alpha value is -3.62. The second-order valence-corrected chi connectivity index (χ2v) is 6.89. The number of benzene rings is 1. The minimum Gasteiger partial charge on any atom is -0.452 e. The van der Waals surface area contributed by atoms with Crippen LogP contribution in [-0.4, -0.2) is 59.3 Å². The van der Waals surface area contributed by atoms with Gasteiger partial charge in [-0.25, -0.2) is 9.18 Å². The minimum atomic E-state index is -0.681. The number of piperazine rings is 1. The Morgan fingerprint density at radius 3 is 2.53 bits per heavy atom. The summed E-state index contributed by atoms with van der Waals surface area (Å²) >= 11 is 0. The van der Waals surface area contributed by atoms with Gasteiger partial charge in [-0.1, -0.05) is 0 Å². The SMILES string of the molecule is O=C(OCC(=O)N1CCN(c2ccc(F)cc2)CC1)c1ccc(Cn2cccn2)o1. The average molecular weight is 412 g/mol. The Morgan fingerprint density at radius 2 is 1.83 bits per heavy atom. The standard InChI is InChI=1S/C21H21FN4O4/c22-16-2-4-17(5-3-16)24-10-12-25(13-11-24)20(27)15-29-21(28)19-7-6-18(30-19)14-26-9-1-8-23-26/h1-9H,10-15H2. The fraction of sp³-hybridized carbons (Fsp3) is 0.286. The smallest absolute Gasteiger partial charge is 0.374 e. The molecule has 0 radical (unpaired) electrons. The summed E-state index contributed by atoms with van der Waals surface area (Å²) in [5.74, 6) is -0.607. The molecule has 30 heavy (non-hydrogen) atoms. The highest BCUT2D eigenvalue weighted by atomic mass is 19.1. The van der Waals surface area contributed by atoms with Crippen LogP contribution < -0.4 is 4.90 Å². The zero-order valence-electron chi connectivity index (χ0n) is 16.2. The molecule has 0 N–H and O–H groups in total. The van der Waals surface area contributed by atoms with Crippen LogP contribution in [0.3, 0.4) is 0 Å². The van der Waals surface area contributed by atoms with Gasteiger partial charge in [-0.3, -0.25) is 9.48 Å². The van der Waals surface area contributed by atoms with E-state index in [1.807, 2.05) is 0 Å². The molecule has 0 atom stereocenters. The van der Waals surface area contributed by atoms with E-state index in [9.17, 15) is 14.0 Å². The number of nitrogens with zero attached hydrogens (tertiary/aromatic N) is 4. The first-order chi connectivity index (χ1) is 14.6. The van der Waals surface area contributed by atoms with Crippen LogP contribution >= 0.6 is 0 Å². The summed E-state index contributed by atoms with van der Waals surface area (Å²) in [6.07, 6.45) is 3.44. The first kappa shape index (κ1) is 19.7. The number of ether oxygens (including phenoxy) is 1. The lowest BCUT2D eigenvalue weighted by atomic mass is 10.2. The van der Waals surface area contributed by atoms with Crippen molar-refractivity contribution in [1.29, 1.82) is 0 Å². The predicted molar refractivity (Wildman–Crippen MR) is 106 cm³/mol. The van der Waals surface area contributed by atoms with Gasteiger partial charge in [0.05, 0.1) is 6.54 Å². The minimum absolute atomic E-state index is 0.0473. The monoisotopic (exact) mass is 412 g/mol. The van der Waals surface area contributed by atoms with Crippen molar-refractivity contribution in [1.82, 2.24) is 14.7 Å². The number of carbonyl (C=O) groups is 2. The van der Waals surface area contributed by atoms with Crippen LogP contribution in [-0.2, 0) is 16.1 Å². The molecule has 0 spiro atoms. The van der Waals surface area contributed by atoms with Gasteiger partial charge in [-0.05, 0) is 42.5 Å². The highest BCUT2D eigenvalue weighted by Gasteiger charge is 2.23. The Labute approximate surface area is 172 Å². The third-order valence-corrected chi connectivity index (χ3v) is 4.89. The Kier molecular flexibility index (Phi) is 5.78. The van der Waals surface area contributed by atoms with E-state index in [-0.39, 0.29) is 24.1 Å². The number of rotatable bonds is 6. The number of hydrogen-bond acceptors (Lipinski definition) is 6. The van der Waals surface area contributed by atoms with Crippen LogP contribution in [0.4, 0.5) is 10.1 Å². The molecule has 3 heterocycles. The molecule has 1 fully saturated rings. The van der Waals surface area contributed by atoms with Gasteiger partial charge in [-0.2, -0.15) is 5.10 Å². The molecule has 0 unspecified atom stereocenters. The molecule has 3 aromatic rings. The van der Waals surface area contributed by atoms with Crippen molar-refractivity contribution in [2.45, 2.75) is 6.54 Å². The van der Waals surface area contributed by atoms with Crippen LogP contribution in [0.5, 0.6) is 0 Å². The van der Waals surface area contributed by atoms with Crippen LogP contribution in [0.2, 0.25) is 0 Å². The summed E-state index contributed by atoms with van der Waals surface area (Å²) in [4.78, 5) is 28.3. The number of anilines is 1. The molecule has 2 aromatic heterocycles. The molecule has 0 bridgehead atoms. The second kappa shape index (κ2) is 8.81. The van der Waals surface area contributed by atoms with Gasteiger partial charge >= 0.3 is 5.97 Å². The molecule has 1 aliphatic rings. The topological polar surface area (TPSA) is 80.8 Å². The van der Waals surface area contributed by atoms with Crippen molar-refractivity contribution in [3.63, 3.8) is 0 Å². The Morgan fingerprint density at radius 1 is 1.07 bits per heavy atom. The van der Waals surface area contributed by atoms with Crippen molar-refractivity contribution < 1.29 is 23.1 Å². The fourth-order valence-corrected chi connectivity index (χ4v) is 3.28. The number of furan rings is 1. The van der Waals surface area contributed by atoms with E-state index in [1.54, 1.807) is 46.2 Å². The number of carbonyl (C=O) groups excluding carboxylic acids is 2. The van der Waals surface area contributed by atoms with E-state index in [0.29, 0.717) is 38.5 Å². The highest BCUT2D eigenvalue weighted by Crippen LogP contribution is 2.17. The third kappa shape index (κ3) is 4.68. The lowest BCUT2D eigenvalue weighted by Gasteiger charge is -2.36. The van der Waals surface area contributed by atoms with Gasteiger partial charge in [0.1, 0.15) is 11.6 Å². The molecule has 0 aliphatic carbocycles. The zero-order chi connectivity index (χ0) is 20.9. The van der Waals surface area contributed by atoms with Crippen molar-refractivity contribution in [3.05, 3.63) is 72.2 Å². The largest absolute Gasteiger partial charge is 0.452 e.